The number of aromatic nitrogens is 1. The monoisotopic (exact) mass is 305 g/mol. The summed E-state index contributed by atoms with van der Waals surface area (Å²) < 4.78 is 13.6. The summed E-state index contributed by atoms with van der Waals surface area (Å²) in [5.41, 5.74) is 2.12. The normalized spacial score (nSPS) is 19.6. The van der Waals surface area contributed by atoms with Crippen molar-refractivity contribution >= 4 is 11.6 Å². The van der Waals surface area contributed by atoms with Crippen molar-refractivity contribution < 1.29 is 4.39 Å². The van der Waals surface area contributed by atoms with Crippen molar-refractivity contribution in [3.05, 3.63) is 64.7 Å². The lowest BCUT2D eigenvalue weighted by Gasteiger charge is -2.36. The van der Waals surface area contributed by atoms with Crippen molar-refractivity contribution in [2.45, 2.75) is 12.6 Å². The second-order valence-corrected chi connectivity index (χ2v) is 5.63. The fourth-order valence-corrected chi connectivity index (χ4v) is 2.83. The Labute approximate surface area is 128 Å². The first-order valence-electron chi connectivity index (χ1n) is 7.02. The molecule has 0 amide bonds. The Bertz CT molecular complexity index is 606. The zero-order chi connectivity index (χ0) is 14.7. The van der Waals surface area contributed by atoms with E-state index >= 15 is 0 Å². The zero-order valence-corrected chi connectivity index (χ0v) is 12.4. The third-order valence-electron chi connectivity index (χ3n) is 3.79. The maximum atomic E-state index is 13.6. The van der Waals surface area contributed by atoms with Crippen molar-refractivity contribution in [1.82, 2.24) is 15.2 Å². The summed E-state index contributed by atoms with van der Waals surface area (Å²) in [6.07, 6.45) is 3.67. The fraction of sp³-hybridized carbons (Fsp3) is 0.312. The van der Waals surface area contributed by atoms with Gasteiger partial charge in [-0.05, 0) is 29.3 Å². The molecule has 3 nitrogen and oxygen atoms in total. The SMILES string of the molecule is Fc1cc(CN2CCNCC2c2cccnc2)ccc1Cl. The first-order chi connectivity index (χ1) is 10.2. The molecule has 0 spiro atoms. The molecule has 3 rings (SSSR count). The molecule has 1 aliphatic heterocycles. The molecule has 1 N–H and O–H groups in total. The first kappa shape index (κ1) is 14.4. The smallest absolute Gasteiger partial charge is 0.142 e. The van der Waals surface area contributed by atoms with Gasteiger partial charge in [0.05, 0.1) is 5.02 Å². The van der Waals surface area contributed by atoms with Gasteiger partial charge in [-0.3, -0.25) is 9.88 Å². The van der Waals surface area contributed by atoms with E-state index in [1.165, 1.54) is 11.6 Å². The Kier molecular flexibility index (Phi) is 4.48. The highest BCUT2D eigenvalue weighted by Crippen LogP contribution is 2.24. The number of hydrogen-bond donors (Lipinski definition) is 1. The lowest BCUT2D eigenvalue weighted by Crippen LogP contribution is -2.45. The maximum Gasteiger partial charge on any atom is 0.142 e. The highest BCUT2D eigenvalue weighted by Gasteiger charge is 2.24. The molecule has 0 saturated carbocycles. The van der Waals surface area contributed by atoms with Crippen LogP contribution >= 0.6 is 11.6 Å². The van der Waals surface area contributed by atoms with Gasteiger partial charge in [-0.15, -0.1) is 0 Å². The molecule has 0 bridgehead atoms. The molecule has 1 aliphatic rings. The minimum Gasteiger partial charge on any atom is -0.314 e. The zero-order valence-electron chi connectivity index (χ0n) is 11.6. The predicted octanol–water partition coefficient (Wildman–Crippen LogP) is 3.02. The van der Waals surface area contributed by atoms with E-state index in [-0.39, 0.29) is 16.9 Å². The Balaban J connectivity index is 1.79. The summed E-state index contributed by atoms with van der Waals surface area (Å²) in [7, 11) is 0. The Hall–Kier alpha value is -1.49. The molecular formula is C16H17ClFN3. The van der Waals surface area contributed by atoms with E-state index in [0.29, 0.717) is 6.54 Å². The van der Waals surface area contributed by atoms with Gasteiger partial charge in [-0.25, -0.2) is 4.39 Å². The summed E-state index contributed by atoms with van der Waals surface area (Å²) in [6, 6.07) is 9.31. The van der Waals surface area contributed by atoms with Gasteiger partial charge in [-0.2, -0.15) is 0 Å². The van der Waals surface area contributed by atoms with Crippen LogP contribution in [0.4, 0.5) is 4.39 Å². The third-order valence-corrected chi connectivity index (χ3v) is 4.10. The van der Waals surface area contributed by atoms with Crippen LogP contribution in [0.1, 0.15) is 17.2 Å². The van der Waals surface area contributed by atoms with Gasteiger partial charge in [0.1, 0.15) is 5.82 Å². The van der Waals surface area contributed by atoms with E-state index < -0.39 is 0 Å². The van der Waals surface area contributed by atoms with E-state index in [1.54, 1.807) is 12.3 Å². The van der Waals surface area contributed by atoms with E-state index in [2.05, 4.69) is 21.3 Å². The van der Waals surface area contributed by atoms with E-state index in [0.717, 1.165) is 25.2 Å². The van der Waals surface area contributed by atoms with Crippen molar-refractivity contribution in [2.24, 2.45) is 0 Å². The summed E-state index contributed by atoms with van der Waals surface area (Å²) in [6.45, 7) is 3.44. The number of piperazine rings is 1. The molecule has 1 aromatic carbocycles. The van der Waals surface area contributed by atoms with Crippen molar-refractivity contribution in [3.8, 4) is 0 Å². The number of nitrogens with one attached hydrogen (secondary N) is 1. The molecule has 110 valence electrons. The van der Waals surface area contributed by atoms with Crippen molar-refractivity contribution in [2.75, 3.05) is 19.6 Å². The van der Waals surface area contributed by atoms with Gasteiger partial charge in [0, 0.05) is 44.6 Å². The molecule has 0 radical (unpaired) electrons. The van der Waals surface area contributed by atoms with Crippen molar-refractivity contribution in [3.63, 3.8) is 0 Å². The highest BCUT2D eigenvalue weighted by molar-refractivity contribution is 6.30. The second kappa shape index (κ2) is 6.52. The fourth-order valence-electron chi connectivity index (χ4n) is 2.71. The molecule has 1 unspecified atom stereocenters. The largest absolute Gasteiger partial charge is 0.314 e. The van der Waals surface area contributed by atoms with Crippen LogP contribution in [0, 0.1) is 5.82 Å². The molecule has 0 aliphatic carbocycles. The predicted molar refractivity (Wildman–Crippen MR) is 81.7 cm³/mol. The van der Waals surface area contributed by atoms with E-state index in [9.17, 15) is 4.39 Å². The van der Waals surface area contributed by atoms with Crippen LogP contribution in [0.25, 0.3) is 0 Å². The average molecular weight is 306 g/mol. The van der Waals surface area contributed by atoms with Crippen LogP contribution in [0.2, 0.25) is 5.02 Å². The van der Waals surface area contributed by atoms with Gasteiger partial charge >= 0.3 is 0 Å². The molecule has 1 aromatic heterocycles. The molecular weight excluding hydrogens is 289 g/mol. The molecule has 2 heterocycles. The Morgan fingerprint density at radius 2 is 2.29 bits per heavy atom. The van der Waals surface area contributed by atoms with Gasteiger partial charge < -0.3 is 5.32 Å². The lowest BCUT2D eigenvalue weighted by molar-refractivity contribution is 0.153. The average Bonchev–Trinajstić information content (AvgIpc) is 2.52. The summed E-state index contributed by atoms with van der Waals surface area (Å²) in [5.74, 6) is -0.359. The third kappa shape index (κ3) is 3.40. The number of pyridine rings is 1. The van der Waals surface area contributed by atoms with Crippen LogP contribution in [0.15, 0.2) is 42.7 Å². The quantitative estimate of drug-likeness (QED) is 0.945. The maximum absolute atomic E-state index is 13.6. The van der Waals surface area contributed by atoms with Gasteiger partial charge in [-0.1, -0.05) is 23.7 Å². The van der Waals surface area contributed by atoms with Gasteiger partial charge in [0.15, 0.2) is 0 Å². The molecule has 21 heavy (non-hydrogen) atoms. The van der Waals surface area contributed by atoms with E-state index in [4.69, 9.17) is 11.6 Å². The van der Waals surface area contributed by atoms with Crippen LogP contribution < -0.4 is 5.32 Å². The minimum atomic E-state index is -0.359. The van der Waals surface area contributed by atoms with Crippen LogP contribution in [0.5, 0.6) is 0 Å². The van der Waals surface area contributed by atoms with Gasteiger partial charge in [0.25, 0.3) is 0 Å². The molecule has 1 saturated heterocycles. The van der Waals surface area contributed by atoms with E-state index in [1.807, 2.05) is 18.3 Å². The summed E-state index contributed by atoms with van der Waals surface area (Å²) in [5, 5.41) is 3.57. The Morgan fingerprint density at radius 1 is 1.38 bits per heavy atom. The molecule has 1 atom stereocenters. The number of halogens is 2. The number of hydrogen-bond acceptors (Lipinski definition) is 3. The highest BCUT2D eigenvalue weighted by atomic mass is 35.5. The molecule has 1 fully saturated rings. The first-order valence-corrected chi connectivity index (χ1v) is 7.40. The number of benzene rings is 1. The van der Waals surface area contributed by atoms with Gasteiger partial charge in [0.2, 0.25) is 0 Å². The van der Waals surface area contributed by atoms with Crippen LogP contribution in [0.3, 0.4) is 0 Å². The topological polar surface area (TPSA) is 28.2 Å². The minimum absolute atomic E-state index is 0.169. The molecule has 2 aromatic rings. The standard InChI is InChI=1S/C16H17ClFN3/c17-14-4-3-12(8-15(14)18)11-21-7-6-20-10-16(21)13-2-1-5-19-9-13/h1-5,8-9,16,20H,6-7,10-11H2. The number of nitrogens with zero attached hydrogens (tertiary/aromatic N) is 2. The van der Waals surface area contributed by atoms with Crippen LogP contribution in [-0.4, -0.2) is 29.5 Å². The van der Waals surface area contributed by atoms with Crippen LogP contribution in [-0.2, 0) is 6.54 Å². The Morgan fingerprint density at radius 3 is 3.05 bits per heavy atom. The van der Waals surface area contributed by atoms with Crippen molar-refractivity contribution in [1.29, 1.82) is 0 Å². The lowest BCUT2D eigenvalue weighted by atomic mass is 10.0. The summed E-state index contributed by atoms with van der Waals surface area (Å²) in [4.78, 5) is 6.54. The second-order valence-electron chi connectivity index (χ2n) is 5.23. The number of rotatable bonds is 3. The summed E-state index contributed by atoms with van der Waals surface area (Å²) >= 11 is 5.74. The molecule has 5 heteroatoms.